The van der Waals surface area contributed by atoms with Crippen molar-refractivity contribution in [3.63, 3.8) is 0 Å². The zero-order chi connectivity index (χ0) is 17.6. The van der Waals surface area contributed by atoms with Crippen LogP contribution in [0.3, 0.4) is 0 Å². The third kappa shape index (κ3) is 4.80. The van der Waals surface area contributed by atoms with E-state index in [1.165, 1.54) is 12.3 Å². The molecule has 0 bridgehead atoms. The van der Waals surface area contributed by atoms with Crippen LogP contribution in [0.1, 0.15) is 16.5 Å². The van der Waals surface area contributed by atoms with Crippen molar-refractivity contribution in [3.05, 3.63) is 80.6 Å². The molecule has 3 rings (SSSR count). The molecular formula is C18H15Cl2N3OS. The van der Waals surface area contributed by atoms with Crippen LogP contribution in [0.5, 0.6) is 0 Å². The zero-order valence-electron chi connectivity index (χ0n) is 13.1. The molecule has 2 heterocycles. The van der Waals surface area contributed by atoms with Crippen LogP contribution in [0.2, 0.25) is 10.0 Å². The summed E-state index contributed by atoms with van der Waals surface area (Å²) in [6.07, 6.45) is 1.44. The molecule has 2 aromatic heterocycles. The van der Waals surface area contributed by atoms with E-state index in [1.54, 1.807) is 11.3 Å². The third-order valence-corrected chi connectivity index (χ3v) is 4.92. The summed E-state index contributed by atoms with van der Waals surface area (Å²) in [5, 5.41) is 8.72. The molecule has 7 heteroatoms. The highest BCUT2D eigenvalue weighted by Crippen LogP contribution is 2.26. The second kappa shape index (κ2) is 8.45. The number of pyridine rings is 1. The molecule has 0 aliphatic heterocycles. The summed E-state index contributed by atoms with van der Waals surface area (Å²) >= 11 is 13.5. The summed E-state index contributed by atoms with van der Waals surface area (Å²) in [6.45, 7) is 0.123. The lowest BCUT2D eigenvalue weighted by Gasteiger charge is -2.18. The number of halogens is 2. The number of thiophene rings is 1. The molecule has 0 saturated heterocycles. The first-order chi connectivity index (χ1) is 12.1. The standard InChI is InChI=1S/C18H15Cl2N3OS/c19-13-9-14(20)18(22-10-13)23-16(24)11-21-17(15-7-4-8-25-15)12-5-2-1-3-6-12/h1-10,17,21H,11H2,(H,22,23,24)/t17-/m0/s1. The molecule has 2 N–H and O–H groups in total. The molecule has 0 saturated carbocycles. The van der Waals surface area contributed by atoms with Gasteiger partial charge in [0, 0.05) is 11.1 Å². The molecule has 0 unspecified atom stereocenters. The Hall–Kier alpha value is -1.92. The molecule has 128 valence electrons. The second-order valence-electron chi connectivity index (χ2n) is 5.27. The fourth-order valence-corrected chi connectivity index (χ4v) is 3.62. The number of nitrogens with one attached hydrogen (secondary N) is 2. The molecule has 3 aromatic rings. The molecule has 4 nitrogen and oxygen atoms in total. The van der Waals surface area contributed by atoms with Crippen LogP contribution in [-0.2, 0) is 4.79 Å². The molecule has 0 aliphatic carbocycles. The van der Waals surface area contributed by atoms with Gasteiger partial charge in [0.15, 0.2) is 5.82 Å². The average Bonchev–Trinajstić information content (AvgIpc) is 3.13. The summed E-state index contributed by atoms with van der Waals surface area (Å²) in [5.41, 5.74) is 1.10. The number of rotatable bonds is 6. The van der Waals surface area contributed by atoms with E-state index in [1.807, 2.05) is 47.8 Å². The van der Waals surface area contributed by atoms with Crippen LogP contribution in [0, 0.1) is 0 Å². The van der Waals surface area contributed by atoms with E-state index < -0.39 is 0 Å². The van der Waals surface area contributed by atoms with E-state index in [4.69, 9.17) is 23.2 Å². The number of anilines is 1. The van der Waals surface area contributed by atoms with Crippen molar-refractivity contribution in [3.8, 4) is 0 Å². The molecule has 0 aliphatic rings. The molecule has 0 spiro atoms. The van der Waals surface area contributed by atoms with Gasteiger partial charge in [-0.05, 0) is 23.1 Å². The van der Waals surface area contributed by atoms with E-state index in [0.717, 1.165) is 10.4 Å². The molecule has 0 fully saturated rings. The van der Waals surface area contributed by atoms with Gasteiger partial charge in [-0.15, -0.1) is 11.3 Å². The SMILES string of the molecule is O=C(CN[C@@H](c1ccccc1)c1cccs1)Nc1ncc(Cl)cc1Cl. The van der Waals surface area contributed by atoms with Crippen LogP contribution in [-0.4, -0.2) is 17.4 Å². The van der Waals surface area contributed by atoms with Gasteiger partial charge in [-0.25, -0.2) is 4.98 Å². The Bertz CT molecular complexity index is 841. The molecule has 25 heavy (non-hydrogen) atoms. The Labute approximate surface area is 159 Å². The van der Waals surface area contributed by atoms with Crippen LogP contribution in [0.15, 0.2) is 60.1 Å². The van der Waals surface area contributed by atoms with Gasteiger partial charge in [-0.1, -0.05) is 59.6 Å². The summed E-state index contributed by atoms with van der Waals surface area (Å²) in [6, 6.07) is 15.5. The Balaban J connectivity index is 1.68. The second-order valence-corrected chi connectivity index (χ2v) is 7.10. The fourth-order valence-electron chi connectivity index (χ4n) is 2.36. The Morgan fingerprint density at radius 1 is 1.16 bits per heavy atom. The van der Waals surface area contributed by atoms with Crippen molar-refractivity contribution >= 4 is 46.3 Å². The van der Waals surface area contributed by atoms with Crippen molar-refractivity contribution in [2.45, 2.75) is 6.04 Å². The highest BCUT2D eigenvalue weighted by molar-refractivity contribution is 7.10. The van der Waals surface area contributed by atoms with Gasteiger partial charge >= 0.3 is 0 Å². The van der Waals surface area contributed by atoms with Crippen molar-refractivity contribution in [2.24, 2.45) is 0 Å². The highest BCUT2D eigenvalue weighted by atomic mass is 35.5. The lowest BCUT2D eigenvalue weighted by Crippen LogP contribution is -2.31. The van der Waals surface area contributed by atoms with Crippen molar-refractivity contribution in [1.29, 1.82) is 0 Å². The quantitative estimate of drug-likeness (QED) is 0.636. The van der Waals surface area contributed by atoms with Crippen LogP contribution in [0.4, 0.5) is 5.82 Å². The van der Waals surface area contributed by atoms with E-state index >= 15 is 0 Å². The van der Waals surface area contributed by atoms with Crippen molar-refractivity contribution in [1.82, 2.24) is 10.3 Å². The maximum Gasteiger partial charge on any atom is 0.239 e. The number of aromatic nitrogens is 1. The topological polar surface area (TPSA) is 54.0 Å². The minimum atomic E-state index is -0.228. The van der Waals surface area contributed by atoms with Gasteiger partial charge < -0.3 is 5.32 Å². The Morgan fingerprint density at radius 2 is 1.96 bits per heavy atom. The number of nitrogens with zero attached hydrogens (tertiary/aromatic N) is 1. The maximum absolute atomic E-state index is 12.3. The predicted molar refractivity (Wildman–Crippen MR) is 103 cm³/mol. The normalized spacial score (nSPS) is 11.9. The van der Waals surface area contributed by atoms with Gasteiger partial charge in [0.25, 0.3) is 0 Å². The fraction of sp³-hybridized carbons (Fsp3) is 0.111. The summed E-state index contributed by atoms with van der Waals surface area (Å²) in [7, 11) is 0. The molecule has 1 atom stereocenters. The van der Waals surface area contributed by atoms with Gasteiger partial charge in [0.05, 0.1) is 22.6 Å². The predicted octanol–water partition coefficient (Wildman–Crippen LogP) is 4.77. The van der Waals surface area contributed by atoms with Crippen molar-refractivity contribution in [2.75, 3.05) is 11.9 Å². The first-order valence-corrected chi connectivity index (χ1v) is 9.19. The Kier molecular flexibility index (Phi) is 6.04. The molecule has 1 aromatic carbocycles. The maximum atomic E-state index is 12.3. The van der Waals surface area contributed by atoms with E-state index in [-0.39, 0.29) is 18.5 Å². The van der Waals surface area contributed by atoms with Gasteiger partial charge in [-0.2, -0.15) is 0 Å². The highest BCUT2D eigenvalue weighted by Gasteiger charge is 2.16. The zero-order valence-corrected chi connectivity index (χ0v) is 15.4. The summed E-state index contributed by atoms with van der Waals surface area (Å²) < 4.78 is 0. The number of hydrogen-bond acceptors (Lipinski definition) is 4. The monoisotopic (exact) mass is 391 g/mol. The first-order valence-electron chi connectivity index (χ1n) is 7.56. The molecular weight excluding hydrogens is 377 g/mol. The smallest absolute Gasteiger partial charge is 0.239 e. The van der Waals surface area contributed by atoms with E-state index in [9.17, 15) is 4.79 Å². The number of amides is 1. The first kappa shape index (κ1) is 17.9. The summed E-state index contributed by atoms with van der Waals surface area (Å²) in [5.74, 6) is 0.0689. The number of hydrogen-bond donors (Lipinski definition) is 2. The minimum absolute atomic E-state index is 0.0550. The third-order valence-electron chi connectivity index (χ3n) is 3.49. The van der Waals surface area contributed by atoms with Crippen LogP contribution in [0.25, 0.3) is 0 Å². The number of benzene rings is 1. The number of carbonyl (C=O) groups is 1. The van der Waals surface area contributed by atoms with Gasteiger partial charge in [0.2, 0.25) is 5.91 Å². The Morgan fingerprint density at radius 3 is 2.64 bits per heavy atom. The van der Waals surface area contributed by atoms with Crippen LogP contribution < -0.4 is 10.6 Å². The van der Waals surface area contributed by atoms with E-state index in [2.05, 4.69) is 15.6 Å². The molecule has 1 amide bonds. The van der Waals surface area contributed by atoms with Gasteiger partial charge in [0.1, 0.15) is 0 Å². The summed E-state index contributed by atoms with van der Waals surface area (Å²) in [4.78, 5) is 17.4. The largest absolute Gasteiger partial charge is 0.308 e. The van der Waals surface area contributed by atoms with Crippen molar-refractivity contribution < 1.29 is 4.79 Å². The van der Waals surface area contributed by atoms with Gasteiger partial charge in [-0.3, -0.25) is 10.1 Å². The minimum Gasteiger partial charge on any atom is -0.308 e. The molecule has 0 radical (unpaired) electrons. The lowest BCUT2D eigenvalue weighted by molar-refractivity contribution is -0.115. The lowest BCUT2D eigenvalue weighted by atomic mass is 10.1. The number of carbonyl (C=O) groups excluding carboxylic acids is 1. The van der Waals surface area contributed by atoms with Crippen LogP contribution >= 0.6 is 34.5 Å². The van der Waals surface area contributed by atoms with E-state index in [0.29, 0.717) is 15.9 Å². The average molecular weight is 392 g/mol.